The largest absolute Gasteiger partial charge is 0.478 e. The average molecular weight is 281 g/mol. The summed E-state index contributed by atoms with van der Waals surface area (Å²) in [6, 6.07) is 1.39. The molecule has 1 saturated heterocycles. The van der Waals surface area contributed by atoms with Crippen LogP contribution in [0.5, 0.6) is 0 Å². The molecule has 0 spiro atoms. The number of aromatic carboxylic acids is 1. The molecule has 0 aliphatic carbocycles. The molecule has 7 heteroatoms. The number of nitrogen functional groups attached to an aromatic ring is 1. The summed E-state index contributed by atoms with van der Waals surface area (Å²) in [4.78, 5) is 16.9. The van der Waals surface area contributed by atoms with E-state index < -0.39 is 11.6 Å². The Balaban J connectivity index is 2.28. The van der Waals surface area contributed by atoms with Gasteiger partial charge in [-0.05, 0) is 19.9 Å². The molecule has 20 heavy (non-hydrogen) atoms. The van der Waals surface area contributed by atoms with E-state index in [4.69, 9.17) is 15.6 Å². The average Bonchev–Trinajstić information content (AvgIpc) is 2.36. The normalized spacial score (nSPS) is 21.8. The third-order valence-electron chi connectivity index (χ3n) is 3.13. The van der Waals surface area contributed by atoms with Crippen molar-refractivity contribution in [3.63, 3.8) is 0 Å². The van der Waals surface area contributed by atoms with Gasteiger partial charge in [0, 0.05) is 19.3 Å². The van der Waals surface area contributed by atoms with Crippen LogP contribution in [0.4, 0.5) is 11.5 Å². The van der Waals surface area contributed by atoms with Crippen LogP contribution in [0.15, 0.2) is 12.3 Å². The molecule has 1 unspecified atom stereocenters. The van der Waals surface area contributed by atoms with Gasteiger partial charge in [-0.15, -0.1) is 0 Å². The SMILES string of the molecule is CC1(C)CN(c2ncc(C(=O)O)cc2N)CC(CO)O1. The highest BCUT2D eigenvalue weighted by Gasteiger charge is 2.34. The van der Waals surface area contributed by atoms with Gasteiger partial charge in [-0.3, -0.25) is 0 Å². The zero-order valence-corrected chi connectivity index (χ0v) is 11.5. The first-order valence-electron chi connectivity index (χ1n) is 6.35. The number of rotatable bonds is 3. The van der Waals surface area contributed by atoms with Crippen LogP contribution < -0.4 is 10.6 Å². The first-order valence-corrected chi connectivity index (χ1v) is 6.35. The number of nitrogens with zero attached hydrogens (tertiary/aromatic N) is 2. The number of carboxylic acids is 1. The topological polar surface area (TPSA) is 109 Å². The third kappa shape index (κ3) is 3.00. The minimum absolute atomic E-state index is 0.0532. The lowest BCUT2D eigenvalue weighted by atomic mass is 10.0. The number of morpholine rings is 1. The van der Waals surface area contributed by atoms with E-state index >= 15 is 0 Å². The van der Waals surface area contributed by atoms with Crippen molar-refractivity contribution in [2.75, 3.05) is 30.3 Å². The van der Waals surface area contributed by atoms with E-state index in [1.165, 1.54) is 12.3 Å². The van der Waals surface area contributed by atoms with Crippen molar-refractivity contribution in [2.45, 2.75) is 25.6 Å². The number of anilines is 2. The van der Waals surface area contributed by atoms with E-state index in [0.717, 1.165) is 0 Å². The number of aliphatic hydroxyl groups is 1. The van der Waals surface area contributed by atoms with Crippen molar-refractivity contribution in [1.82, 2.24) is 4.98 Å². The highest BCUT2D eigenvalue weighted by molar-refractivity contribution is 5.89. The van der Waals surface area contributed by atoms with Gasteiger partial charge in [-0.25, -0.2) is 9.78 Å². The van der Waals surface area contributed by atoms with Crippen molar-refractivity contribution in [3.8, 4) is 0 Å². The van der Waals surface area contributed by atoms with Crippen LogP contribution in [0.3, 0.4) is 0 Å². The second-order valence-electron chi connectivity index (χ2n) is 5.50. The maximum atomic E-state index is 10.9. The highest BCUT2D eigenvalue weighted by atomic mass is 16.5. The Labute approximate surface area is 117 Å². The Morgan fingerprint density at radius 3 is 2.90 bits per heavy atom. The Hall–Kier alpha value is -1.86. The van der Waals surface area contributed by atoms with Crippen LogP contribution in [-0.4, -0.2) is 52.6 Å². The summed E-state index contributed by atoms with van der Waals surface area (Å²) in [6.45, 7) is 4.77. The van der Waals surface area contributed by atoms with Crippen molar-refractivity contribution in [2.24, 2.45) is 0 Å². The number of pyridine rings is 1. The Bertz CT molecular complexity index is 518. The Morgan fingerprint density at radius 1 is 1.65 bits per heavy atom. The van der Waals surface area contributed by atoms with Gasteiger partial charge in [0.2, 0.25) is 0 Å². The predicted molar refractivity (Wildman–Crippen MR) is 73.9 cm³/mol. The van der Waals surface area contributed by atoms with E-state index in [9.17, 15) is 9.90 Å². The molecule has 0 amide bonds. The first-order chi connectivity index (χ1) is 9.32. The van der Waals surface area contributed by atoms with Gasteiger partial charge < -0.3 is 25.6 Å². The van der Waals surface area contributed by atoms with Crippen LogP contribution in [0.25, 0.3) is 0 Å². The van der Waals surface area contributed by atoms with Crippen molar-refractivity contribution >= 4 is 17.5 Å². The second kappa shape index (κ2) is 5.26. The zero-order valence-electron chi connectivity index (χ0n) is 11.5. The fourth-order valence-corrected chi connectivity index (χ4v) is 2.41. The Morgan fingerprint density at radius 2 is 2.35 bits per heavy atom. The van der Waals surface area contributed by atoms with Gasteiger partial charge in [0.1, 0.15) is 0 Å². The van der Waals surface area contributed by atoms with Gasteiger partial charge in [-0.1, -0.05) is 0 Å². The number of aliphatic hydroxyl groups excluding tert-OH is 1. The van der Waals surface area contributed by atoms with Gasteiger partial charge in [-0.2, -0.15) is 0 Å². The highest BCUT2D eigenvalue weighted by Crippen LogP contribution is 2.28. The number of ether oxygens (including phenoxy) is 1. The van der Waals surface area contributed by atoms with E-state index in [1.807, 2.05) is 18.7 Å². The number of hydrogen-bond acceptors (Lipinski definition) is 6. The molecule has 2 heterocycles. The fourth-order valence-electron chi connectivity index (χ4n) is 2.41. The molecular weight excluding hydrogens is 262 g/mol. The fraction of sp³-hybridized carbons (Fsp3) is 0.538. The maximum absolute atomic E-state index is 10.9. The number of aromatic nitrogens is 1. The van der Waals surface area contributed by atoms with Crippen LogP contribution in [-0.2, 0) is 4.74 Å². The van der Waals surface area contributed by atoms with Crippen LogP contribution in [0.2, 0.25) is 0 Å². The van der Waals surface area contributed by atoms with E-state index in [-0.39, 0.29) is 18.3 Å². The molecule has 2 rings (SSSR count). The van der Waals surface area contributed by atoms with Gasteiger partial charge in [0.25, 0.3) is 0 Å². The van der Waals surface area contributed by atoms with Gasteiger partial charge in [0.05, 0.1) is 29.6 Å². The molecular formula is C13H19N3O4. The smallest absolute Gasteiger partial charge is 0.337 e. The summed E-state index contributed by atoms with van der Waals surface area (Å²) in [6.07, 6.45) is 0.962. The molecule has 1 aliphatic rings. The van der Waals surface area contributed by atoms with Crippen molar-refractivity contribution in [1.29, 1.82) is 0 Å². The lowest BCUT2D eigenvalue weighted by Crippen LogP contribution is -2.54. The minimum Gasteiger partial charge on any atom is -0.478 e. The van der Waals surface area contributed by atoms with Crippen LogP contribution >= 0.6 is 0 Å². The van der Waals surface area contributed by atoms with Gasteiger partial charge in [0.15, 0.2) is 5.82 Å². The van der Waals surface area contributed by atoms with Crippen molar-refractivity contribution in [3.05, 3.63) is 17.8 Å². The van der Waals surface area contributed by atoms with Crippen LogP contribution in [0, 0.1) is 0 Å². The van der Waals surface area contributed by atoms with E-state index in [2.05, 4.69) is 4.98 Å². The molecule has 1 atom stereocenters. The molecule has 0 radical (unpaired) electrons. The number of hydrogen-bond donors (Lipinski definition) is 3. The molecule has 4 N–H and O–H groups in total. The van der Waals surface area contributed by atoms with Gasteiger partial charge >= 0.3 is 5.97 Å². The standard InChI is InChI=1S/C13H19N3O4/c1-13(2)7-16(5-9(6-17)20-13)11-10(14)3-8(4-15-11)12(18)19/h3-4,9,17H,5-7,14H2,1-2H3,(H,18,19). The minimum atomic E-state index is -1.06. The summed E-state index contributed by atoms with van der Waals surface area (Å²) < 4.78 is 5.72. The number of nitrogens with two attached hydrogens (primary N) is 1. The van der Waals surface area contributed by atoms with Crippen LogP contribution in [0.1, 0.15) is 24.2 Å². The zero-order chi connectivity index (χ0) is 14.9. The molecule has 1 fully saturated rings. The summed E-state index contributed by atoms with van der Waals surface area (Å²) in [5.41, 5.74) is 5.81. The second-order valence-corrected chi connectivity index (χ2v) is 5.50. The molecule has 0 bridgehead atoms. The van der Waals surface area contributed by atoms with Crippen molar-refractivity contribution < 1.29 is 19.7 Å². The predicted octanol–water partition coefficient (Wildman–Crippen LogP) is 0.338. The summed E-state index contributed by atoms with van der Waals surface area (Å²) in [5, 5.41) is 18.2. The summed E-state index contributed by atoms with van der Waals surface area (Å²) in [7, 11) is 0. The molecule has 1 aromatic rings. The summed E-state index contributed by atoms with van der Waals surface area (Å²) in [5.74, 6) is -0.545. The Kier molecular flexibility index (Phi) is 3.82. The van der Waals surface area contributed by atoms with E-state index in [1.54, 1.807) is 0 Å². The maximum Gasteiger partial charge on any atom is 0.337 e. The molecule has 0 aromatic carbocycles. The third-order valence-corrected chi connectivity index (χ3v) is 3.13. The number of carboxylic acid groups (broad SMARTS) is 1. The molecule has 1 aromatic heterocycles. The lowest BCUT2D eigenvalue weighted by Gasteiger charge is -2.43. The molecule has 110 valence electrons. The lowest BCUT2D eigenvalue weighted by molar-refractivity contribution is -0.101. The molecule has 0 saturated carbocycles. The number of carbonyl (C=O) groups is 1. The first kappa shape index (κ1) is 14.5. The molecule has 7 nitrogen and oxygen atoms in total. The molecule has 1 aliphatic heterocycles. The summed E-state index contributed by atoms with van der Waals surface area (Å²) >= 11 is 0. The van der Waals surface area contributed by atoms with E-state index in [0.29, 0.717) is 24.6 Å². The monoisotopic (exact) mass is 281 g/mol. The quantitative estimate of drug-likeness (QED) is 0.732.